The molecule has 0 radical (unpaired) electrons. The largest absolute Gasteiger partial charge is 0.489 e. The normalized spacial score (nSPS) is 19.0. The lowest BCUT2D eigenvalue weighted by Gasteiger charge is -2.30. The summed E-state index contributed by atoms with van der Waals surface area (Å²) in [5, 5.41) is 5.87. The number of nitrogens with one attached hydrogen (secondary N) is 2. The number of amides is 2. The number of aryl methyl sites for hydroxylation is 2. The monoisotopic (exact) mass is 381 g/mol. The van der Waals surface area contributed by atoms with Gasteiger partial charge in [-0.2, -0.15) is 0 Å². The van der Waals surface area contributed by atoms with Gasteiger partial charge in [-0.3, -0.25) is 14.6 Å². The fraction of sp³-hybridized carbons (Fsp3) is 0.409. The molecule has 0 atom stereocenters. The molecule has 1 aromatic carbocycles. The molecule has 6 nitrogen and oxygen atoms in total. The summed E-state index contributed by atoms with van der Waals surface area (Å²) in [4.78, 5) is 28.1. The third-order valence-electron chi connectivity index (χ3n) is 5.05. The molecule has 1 aliphatic rings. The van der Waals surface area contributed by atoms with Gasteiger partial charge in [0.05, 0.1) is 11.8 Å². The van der Waals surface area contributed by atoms with Crippen LogP contribution in [-0.2, 0) is 4.79 Å². The van der Waals surface area contributed by atoms with E-state index in [1.54, 1.807) is 18.3 Å². The molecule has 2 aromatic rings. The van der Waals surface area contributed by atoms with Gasteiger partial charge in [0.1, 0.15) is 5.75 Å². The Bertz CT molecular complexity index is 858. The van der Waals surface area contributed by atoms with E-state index in [-0.39, 0.29) is 24.0 Å². The standard InChI is InChI=1S/C22H27N3O3/c1-14-13-18(24-16(3)26)8-11-20(14)22(27)25-17-6-9-19(10-7-17)28-21-5-4-12-23-15(21)2/h4-5,8,11-13,17,19H,6-7,9-10H2,1-3H3,(H,24,26)(H,25,27). The lowest BCUT2D eigenvalue weighted by Crippen LogP contribution is -2.40. The van der Waals surface area contributed by atoms with Gasteiger partial charge in [0.2, 0.25) is 5.91 Å². The van der Waals surface area contributed by atoms with Crippen molar-refractivity contribution in [3.8, 4) is 5.75 Å². The molecule has 0 saturated heterocycles. The Morgan fingerprint density at radius 1 is 1.11 bits per heavy atom. The highest BCUT2D eigenvalue weighted by molar-refractivity contribution is 5.97. The van der Waals surface area contributed by atoms with E-state index in [0.717, 1.165) is 42.7 Å². The Labute approximate surface area is 165 Å². The number of rotatable bonds is 5. The van der Waals surface area contributed by atoms with Crippen LogP contribution in [0.15, 0.2) is 36.5 Å². The quantitative estimate of drug-likeness (QED) is 0.826. The number of nitrogens with zero attached hydrogens (tertiary/aromatic N) is 1. The molecule has 1 heterocycles. The molecule has 2 amide bonds. The summed E-state index contributed by atoms with van der Waals surface area (Å²) in [6.45, 7) is 5.29. The molecule has 0 spiro atoms. The Morgan fingerprint density at radius 2 is 1.86 bits per heavy atom. The van der Waals surface area contributed by atoms with Crippen molar-refractivity contribution < 1.29 is 14.3 Å². The number of hydrogen-bond acceptors (Lipinski definition) is 4. The van der Waals surface area contributed by atoms with Gasteiger partial charge in [-0.05, 0) is 75.4 Å². The van der Waals surface area contributed by atoms with Gasteiger partial charge < -0.3 is 15.4 Å². The van der Waals surface area contributed by atoms with Crippen LogP contribution in [0.4, 0.5) is 5.69 Å². The van der Waals surface area contributed by atoms with E-state index in [0.29, 0.717) is 11.3 Å². The van der Waals surface area contributed by atoms with Crippen molar-refractivity contribution in [3.05, 3.63) is 53.3 Å². The first-order chi connectivity index (χ1) is 13.4. The van der Waals surface area contributed by atoms with Crippen LogP contribution >= 0.6 is 0 Å². The van der Waals surface area contributed by atoms with Crippen molar-refractivity contribution in [2.45, 2.75) is 58.6 Å². The number of ether oxygens (including phenoxy) is 1. The Kier molecular flexibility index (Phi) is 6.29. The Balaban J connectivity index is 1.52. The van der Waals surface area contributed by atoms with Crippen molar-refractivity contribution >= 4 is 17.5 Å². The molecule has 6 heteroatoms. The zero-order valence-electron chi connectivity index (χ0n) is 16.6. The minimum absolute atomic E-state index is 0.0700. The number of carbonyl (C=O) groups is 2. The van der Waals surface area contributed by atoms with Crippen LogP contribution in [0.2, 0.25) is 0 Å². The van der Waals surface area contributed by atoms with Crippen LogP contribution in [0.25, 0.3) is 0 Å². The van der Waals surface area contributed by atoms with E-state index in [9.17, 15) is 9.59 Å². The van der Waals surface area contributed by atoms with Gasteiger partial charge >= 0.3 is 0 Å². The van der Waals surface area contributed by atoms with Crippen LogP contribution in [0, 0.1) is 13.8 Å². The molecule has 28 heavy (non-hydrogen) atoms. The average molecular weight is 381 g/mol. The smallest absolute Gasteiger partial charge is 0.251 e. The summed E-state index contributed by atoms with van der Waals surface area (Å²) in [6.07, 6.45) is 5.51. The van der Waals surface area contributed by atoms with Gasteiger partial charge in [-0.1, -0.05) is 0 Å². The zero-order chi connectivity index (χ0) is 20.1. The zero-order valence-corrected chi connectivity index (χ0v) is 16.6. The molecule has 0 bridgehead atoms. The summed E-state index contributed by atoms with van der Waals surface area (Å²) in [6, 6.07) is 9.31. The number of aromatic nitrogens is 1. The first-order valence-electron chi connectivity index (χ1n) is 9.69. The van der Waals surface area contributed by atoms with Crippen molar-refractivity contribution in [2.75, 3.05) is 5.32 Å². The van der Waals surface area contributed by atoms with Crippen molar-refractivity contribution in [1.29, 1.82) is 0 Å². The molecule has 3 rings (SSSR count). The summed E-state index contributed by atoms with van der Waals surface area (Å²) < 4.78 is 6.08. The van der Waals surface area contributed by atoms with E-state index in [2.05, 4.69) is 15.6 Å². The van der Waals surface area contributed by atoms with Crippen LogP contribution in [0.1, 0.15) is 54.2 Å². The van der Waals surface area contributed by atoms with E-state index >= 15 is 0 Å². The second kappa shape index (κ2) is 8.87. The number of benzene rings is 1. The van der Waals surface area contributed by atoms with E-state index in [1.165, 1.54) is 6.92 Å². The predicted octanol–water partition coefficient (Wildman–Crippen LogP) is 3.78. The van der Waals surface area contributed by atoms with Crippen LogP contribution in [-0.4, -0.2) is 28.9 Å². The lowest BCUT2D eigenvalue weighted by atomic mass is 9.92. The summed E-state index contributed by atoms with van der Waals surface area (Å²) in [5.41, 5.74) is 3.08. The molecular formula is C22H27N3O3. The van der Waals surface area contributed by atoms with Crippen LogP contribution in [0.5, 0.6) is 5.75 Å². The maximum absolute atomic E-state index is 12.6. The minimum Gasteiger partial charge on any atom is -0.489 e. The number of pyridine rings is 1. The first-order valence-corrected chi connectivity index (χ1v) is 9.69. The molecule has 1 saturated carbocycles. The van der Waals surface area contributed by atoms with Gasteiger partial charge in [-0.15, -0.1) is 0 Å². The van der Waals surface area contributed by atoms with Gasteiger partial charge in [0, 0.05) is 30.4 Å². The predicted molar refractivity (Wildman–Crippen MR) is 109 cm³/mol. The third kappa shape index (κ3) is 5.09. The van der Waals surface area contributed by atoms with Crippen molar-refractivity contribution in [1.82, 2.24) is 10.3 Å². The molecule has 0 unspecified atom stereocenters. The van der Waals surface area contributed by atoms with E-state index < -0.39 is 0 Å². The molecular weight excluding hydrogens is 354 g/mol. The van der Waals surface area contributed by atoms with Gasteiger partial charge in [-0.25, -0.2) is 0 Å². The van der Waals surface area contributed by atoms with E-state index in [4.69, 9.17) is 4.74 Å². The molecule has 1 aliphatic carbocycles. The van der Waals surface area contributed by atoms with Crippen LogP contribution in [0.3, 0.4) is 0 Å². The third-order valence-corrected chi connectivity index (χ3v) is 5.05. The SMILES string of the molecule is CC(=O)Nc1ccc(C(=O)NC2CCC(Oc3cccnc3C)CC2)c(C)c1. The Hall–Kier alpha value is -2.89. The first kappa shape index (κ1) is 19.9. The molecule has 148 valence electrons. The number of hydrogen-bond donors (Lipinski definition) is 2. The summed E-state index contributed by atoms with van der Waals surface area (Å²) in [7, 11) is 0. The highest BCUT2D eigenvalue weighted by Gasteiger charge is 2.24. The molecule has 1 aromatic heterocycles. The minimum atomic E-state index is -0.128. The van der Waals surface area contributed by atoms with Gasteiger partial charge in [0.25, 0.3) is 5.91 Å². The topological polar surface area (TPSA) is 80.3 Å². The highest BCUT2D eigenvalue weighted by atomic mass is 16.5. The maximum atomic E-state index is 12.6. The van der Waals surface area contributed by atoms with Crippen LogP contribution < -0.4 is 15.4 Å². The number of anilines is 1. The number of carbonyl (C=O) groups excluding carboxylic acids is 2. The lowest BCUT2D eigenvalue weighted by molar-refractivity contribution is -0.114. The molecule has 0 aliphatic heterocycles. The second-order valence-corrected chi connectivity index (χ2v) is 7.36. The van der Waals surface area contributed by atoms with Crippen molar-refractivity contribution in [3.63, 3.8) is 0 Å². The average Bonchev–Trinajstić information content (AvgIpc) is 2.64. The molecule has 1 fully saturated rings. The maximum Gasteiger partial charge on any atom is 0.251 e. The highest BCUT2D eigenvalue weighted by Crippen LogP contribution is 2.25. The molecule has 2 N–H and O–H groups in total. The van der Waals surface area contributed by atoms with Gasteiger partial charge in [0.15, 0.2) is 0 Å². The second-order valence-electron chi connectivity index (χ2n) is 7.36. The fourth-order valence-electron chi connectivity index (χ4n) is 3.56. The van der Waals surface area contributed by atoms with E-state index in [1.807, 2.05) is 32.0 Å². The Morgan fingerprint density at radius 3 is 2.50 bits per heavy atom. The fourth-order valence-corrected chi connectivity index (χ4v) is 3.56. The van der Waals surface area contributed by atoms with Crippen molar-refractivity contribution in [2.24, 2.45) is 0 Å². The summed E-state index contributed by atoms with van der Waals surface area (Å²) in [5.74, 6) is 0.640. The summed E-state index contributed by atoms with van der Waals surface area (Å²) >= 11 is 0.